The number of nitrogens with zero attached hydrogens (tertiary/aromatic N) is 1. The minimum Gasteiger partial charge on any atom is -0.399 e. The second-order valence-corrected chi connectivity index (χ2v) is 6.17. The van der Waals surface area contributed by atoms with Gasteiger partial charge in [0.1, 0.15) is 0 Å². The molecular weight excluding hydrogens is 328 g/mol. The van der Waals surface area contributed by atoms with Gasteiger partial charge in [-0.05, 0) is 42.2 Å². The first-order valence-corrected chi connectivity index (χ1v) is 7.86. The fourth-order valence-corrected chi connectivity index (χ4v) is 3.24. The molecule has 3 nitrogen and oxygen atoms in total. The number of para-hydroxylation sites is 1. The molecule has 0 atom stereocenters. The van der Waals surface area contributed by atoms with Crippen molar-refractivity contribution in [1.82, 2.24) is 0 Å². The van der Waals surface area contributed by atoms with Crippen molar-refractivity contribution in [2.45, 2.75) is 25.8 Å². The molecule has 0 spiro atoms. The van der Waals surface area contributed by atoms with Crippen molar-refractivity contribution in [3.63, 3.8) is 0 Å². The Morgan fingerprint density at radius 3 is 2.76 bits per heavy atom. The smallest absolute Gasteiger partial charge is 0.227 e. The zero-order valence-electron chi connectivity index (χ0n) is 11.7. The van der Waals surface area contributed by atoms with E-state index in [1.165, 1.54) is 5.56 Å². The van der Waals surface area contributed by atoms with Gasteiger partial charge in [0, 0.05) is 22.3 Å². The maximum absolute atomic E-state index is 12.4. The number of nitrogen functional groups attached to an aromatic ring is 1. The van der Waals surface area contributed by atoms with E-state index in [0.717, 1.165) is 28.6 Å². The maximum Gasteiger partial charge on any atom is 0.227 e. The summed E-state index contributed by atoms with van der Waals surface area (Å²) in [5, 5.41) is 0. The zero-order valence-corrected chi connectivity index (χ0v) is 13.3. The first kappa shape index (κ1) is 14.1. The highest BCUT2D eigenvalue weighted by molar-refractivity contribution is 9.10. The third-order valence-electron chi connectivity index (χ3n) is 3.83. The largest absolute Gasteiger partial charge is 0.399 e. The normalized spacial score (nSPS) is 14.7. The van der Waals surface area contributed by atoms with Crippen molar-refractivity contribution < 1.29 is 4.79 Å². The van der Waals surface area contributed by atoms with Crippen LogP contribution in [0.1, 0.15) is 24.0 Å². The van der Waals surface area contributed by atoms with Gasteiger partial charge in [0.2, 0.25) is 5.91 Å². The molecular formula is C17H17BrN2O. The fraction of sp³-hybridized carbons (Fsp3) is 0.235. The van der Waals surface area contributed by atoms with Crippen LogP contribution in [0.3, 0.4) is 0 Å². The summed E-state index contributed by atoms with van der Waals surface area (Å²) < 4.78 is 0.942. The summed E-state index contributed by atoms with van der Waals surface area (Å²) in [5.41, 5.74) is 9.84. The van der Waals surface area contributed by atoms with E-state index in [0.29, 0.717) is 18.7 Å². The third kappa shape index (κ3) is 2.95. The Bertz CT molecular complexity index is 684. The van der Waals surface area contributed by atoms with Crippen molar-refractivity contribution in [2.75, 3.05) is 10.6 Å². The molecule has 1 heterocycles. The number of aryl methyl sites for hydroxylation is 1. The first-order chi connectivity index (χ1) is 10.1. The van der Waals surface area contributed by atoms with E-state index in [9.17, 15) is 4.79 Å². The van der Waals surface area contributed by atoms with Crippen LogP contribution in [0.2, 0.25) is 0 Å². The van der Waals surface area contributed by atoms with Crippen molar-refractivity contribution in [3.8, 4) is 0 Å². The molecule has 1 aliphatic heterocycles. The lowest BCUT2D eigenvalue weighted by Gasteiger charge is -2.23. The summed E-state index contributed by atoms with van der Waals surface area (Å²) in [5.74, 6) is 0.184. The van der Waals surface area contributed by atoms with Crippen LogP contribution in [-0.2, 0) is 17.8 Å². The van der Waals surface area contributed by atoms with Gasteiger partial charge in [-0.2, -0.15) is 0 Å². The number of halogens is 1. The van der Waals surface area contributed by atoms with Crippen molar-refractivity contribution in [3.05, 3.63) is 58.1 Å². The van der Waals surface area contributed by atoms with E-state index in [-0.39, 0.29) is 5.91 Å². The number of hydrogen-bond donors (Lipinski definition) is 1. The van der Waals surface area contributed by atoms with Crippen LogP contribution in [0.25, 0.3) is 0 Å². The molecule has 108 valence electrons. The zero-order chi connectivity index (χ0) is 14.8. The second kappa shape index (κ2) is 5.90. The summed E-state index contributed by atoms with van der Waals surface area (Å²) in [6, 6.07) is 13.9. The highest BCUT2D eigenvalue weighted by Crippen LogP contribution is 2.30. The molecule has 0 radical (unpaired) electrons. The topological polar surface area (TPSA) is 46.3 Å². The van der Waals surface area contributed by atoms with Crippen LogP contribution in [-0.4, -0.2) is 5.91 Å². The molecule has 0 saturated carbocycles. The highest BCUT2D eigenvalue weighted by atomic mass is 79.9. The lowest BCUT2D eigenvalue weighted by atomic mass is 10.1. The van der Waals surface area contributed by atoms with Gasteiger partial charge >= 0.3 is 0 Å². The Labute approximate surface area is 132 Å². The molecule has 0 fully saturated rings. The van der Waals surface area contributed by atoms with Crippen molar-refractivity contribution in [1.29, 1.82) is 0 Å². The molecule has 2 aromatic rings. The summed E-state index contributed by atoms with van der Waals surface area (Å²) in [7, 11) is 0. The lowest BCUT2D eigenvalue weighted by Crippen LogP contribution is -2.29. The number of rotatable bonds is 2. The highest BCUT2D eigenvalue weighted by Gasteiger charge is 2.22. The molecule has 0 saturated heterocycles. The standard InChI is InChI=1S/C17H17BrN2O/c18-15-10-14(19)9-8-13(15)11-20-16-6-2-1-4-12(16)5-3-7-17(20)21/h1-2,4,6,8-10H,3,5,7,11,19H2. The van der Waals surface area contributed by atoms with E-state index >= 15 is 0 Å². The van der Waals surface area contributed by atoms with Gasteiger partial charge in [-0.1, -0.05) is 40.2 Å². The Balaban J connectivity index is 1.98. The van der Waals surface area contributed by atoms with Gasteiger partial charge in [-0.3, -0.25) is 4.79 Å². The van der Waals surface area contributed by atoms with Gasteiger partial charge < -0.3 is 10.6 Å². The predicted octanol–water partition coefficient (Wildman–Crippen LogP) is 3.90. The molecule has 0 unspecified atom stereocenters. The fourth-order valence-electron chi connectivity index (χ4n) is 2.72. The van der Waals surface area contributed by atoms with E-state index in [2.05, 4.69) is 22.0 Å². The van der Waals surface area contributed by atoms with Crippen LogP contribution < -0.4 is 10.6 Å². The number of carbonyl (C=O) groups excluding carboxylic acids is 1. The predicted molar refractivity (Wildman–Crippen MR) is 89.1 cm³/mol. The number of anilines is 2. The van der Waals surface area contributed by atoms with Crippen LogP contribution in [0.5, 0.6) is 0 Å². The Hall–Kier alpha value is -1.81. The molecule has 1 amide bonds. The Morgan fingerprint density at radius 1 is 1.14 bits per heavy atom. The Morgan fingerprint density at radius 2 is 1.95 bits per heavy atom. The quantitative estimate of drug-likeness (QED) is 0.839. The number of fused-ring (bicyclic) bond motifs is 1. The average Bonchev–Trinajstić information content (AvgIpc) is 2.62. The van der Waals surface area contributed by atoms with Crippen LogP contribution in [0, 0.1) is 0 Å². The summed E-state index contributed by atoms with van der Waals surface area (Å²) in [6.45, 7) is 0.566. The van der Waals surface area contributed by atoms with E-state index in [4.69, 9.17) is 5.73 Å². The maximum atomic E-state index is 12.4. The van der Waals surface area contributed by atoms with Gasteiger partial charge in [0.15, 0.2) is 0 Å². The minimum atomic E-state index is 0.184. The third-order valence-corrected chi connectivity index (χ3v) is 4.56. The van der Waals surface area contributed by atoms with Crippen LogP contribution in [0.15, 0.2) is 46.9 Å². The van der Waals surface area contributed by atoms with Gasteiger partial charge in [-0.25, -0.2) is 0 Å². The molecule has 2 N–H and O–H groups in total. The minimum absolute atomic E-state index is 0.184. The van der Waals surface area contributed by atoms with Crippen molar-refractivity contribution in [2.24, 2.45) is 0 Å². The molecule has 0 aromatic heterocycles. The number of hydrogen-bond acceptors (Lipinski definition) is 2. The molecule has 21 heavy (non-hydrogen) atoms. The lowest BCUT2D eigenvalue weighted by molar-refractivity contribution is -0.118. The SMILES string of the molecule is Nc1ccc(CN2C(=O)CCCc3ccccc32)c(Br)c1. The number of amides is 1. The average molecular weight is 345 g/mol. The van der Waals surface area contributed by atoms with E-state index in [1.807, 2.05) is 41.3 Å². The van der Waals surface area contributed by atoms with Gasteiger partial charge in [0.05, 0.1) is 6.54 Å². The summed E-state index contributed by atoms with van der Waals surface area (Å²) in [4.78, 5) is 14.3. The monoisotopic (exact) mass is 344 g/mol. The molecule has 3 rings (SSSR count). The van der Waals surface area contributed by atoms with E-state index in [1.54, 1.807) is 0 Å². The van der Waals surface area contributed by atoms with Crippen molar-refractivity contribution >= 4 is 33.2 Å². The van der Waals surface area contributed by atoms with Gasteiger partial charge in [-0.15, -0.1) is 0 Å². The van der Waals surface area contributed by atoms with Crippen LogP contribution >= 0.6 is 15.9 Å². The number of benzene rings is 2. The Kier molecular flexibility index (Phi) is 3.97. The van der Waals surface area contributed by atoms with Crippen LogP contribution in [0.4, 0.5) is 11.4 Å². The van der Waals surface area contributed by atoms with Gasteiger partial charge in [0.25, 0.3) is 0 Å². The molecule has 2 aromatic carbocycles. The molecule has 0 aliphatic carbocycles. The molecule has 1 aliphatic rings. The second-order valence-electron chi connectivity index (χ2n) is 5.31. The molecule has 0 bridgehead atoms. The summed E-state index contributed by atoms with van der Waals surface area (Å²) >= 11 is 3.54. The number of carbonyl (C=O) groups is 1. The first-order valence-electron chi connectivity index (χ1n) is 7.07. The number of nitrogens with two attached hydrogens (primary N) is 1. The van der Waals surface area contributed by atoms with E-state index < -0.39 is 0 Å². The summed E-state index contributed by atoms with van der Waals surface area (Å²) in [6.07, 6.45) is 2.47. The molecule has 4 heteroatoms.